The molecule has 0 amide bonds. The smallest absolute Gasteiger partial charge is 0.0853 e. The van der Waals surface area contributed by atoms with E-state index in [2.05, 4.69) is 19.9 Å². The van der Waals surface area contributed by atoms with E-state index in [1.54, 1.807) is 0 Å². The van der Waals surface area contributed by atoms with E-state index in [1.807, 2.05) is 0 Å². The topological polar surface area (TPSA) is 33.0 Å². The largest absolute Gasteiger partial charge is 0.380 e. The highest BCUT2D eigenvalue weighted by Gasteiger charge is 2.39. The third-order valence-electron chi connectivity index (χ3n) is 2.83. The van der Waals surface area contributed by atoms with Gasteiger partial charge in [0.1, 0.15) is 0 Å². The van der Waals surface area contributed by atoms with Crippen molar-refractivity contribution in [3.8, 4) is 6.07 Å². The molecule has 2 heteroatoms. The summed E-state index contributed by atoms with van der Waals surface area (Å²) >= 11 is 0. The van der Waals surface area contributed by atoms with Crippen LogP contribution in [0.15, 0.2) is 0 Å². The number of hydrogen-bond acceptors (Lipinski definition) is 2. The fourth-order valence-corrected chi connectivity index (χ4v) is 1.56. The van der Waals surface area contributed by atoms with Crippen LogP contribution in [0.4, 0.5) is 0 Å². The summed E-state index contributed by atoms with van der Waals surface area (Å²) in [5, 5.41) is 8.99. The zero-order valence-electron chi connectivity index (χ0n) is 7.26. The van der Waals surface area contributed by atoms with Crippen LogP contribution in [0.3, 0.4) is 0 Å². The Balaban J connectivity index is 2.68. The summed E-state index contributed by atoms with van der Waals surface area (Å²) in [5.74, 6) is 0.468. The lowest BCUT2D eigenvalue weighted by Gasteiger charge is -2.25. The first-order chi connectivity index (χ1) is 5.25. The number of rotatable bonds is 2. The van der Waals surface area contributed by atoms with Crippen LogP contribution in [-0.4, -0.2) is 13.2 Å². The van der Waals surface area contributed by atoms with Gasteiger partial charge in [-0.05, 0) is 12.3 Å². The van der Waals surface area contributed by atoms with Gasteiger partial charge in [0.2, 0.25) is 0 Å². The average molecular weight is 153 g/mol. The molecule has 2 unspecified atom stereocenters. The average Bonchev–Trinajstić information content (AvgIpc) is 2.52. The predicted molar refractivity (Wildman–Crippen MR) is 42.9 cm³/mol. The maximum atomic E-state index is 8.99. The van der Waals surface area contributed by atoms with E-state index in [4.69, 9.17) is 10.00 Å². The van der Waals surface area contributed by atoms with Gasteiger partial charge < -0.3 is 4.74 Å². The standard InChI is InChI=1S/C9H15NO/c1-3-8(2)9(6-10)4-5-11-7-9/h8H,3-5,7H2,1-2H3. The van der Waals surface area contributed by atoms with Crippen molar-refractivity contribution in [1.82, 2.24) is 0 Å². The molecule has 0 aromatic heterocycles. The van der Waals surface area contributed by atoms with Crippen molar-refractivity contribution < 1.29 is 4.74 Å². The van der Waals surface area contributed by atoms with Crippen molar-refractivity contribution in [1.29, 1.82) is 5.26 Å². The van der Waals surface area contributed by atoms with Crippen molar-refractivity contribution in [3.05, 3.63) is 0 Å². The van der Waals surface area contributed by atoms with E-state index < -0.39 is 0 Å². The SMILES string of the molecule is CCC(C)C1(C#N)CCOC1. The number of nitriles is 1. The summed E-state index contributed by atoms with van der Waals surface area (Å²) in [6.07, 6.45) is 1.98. The summed E-state index contributed by atoms with van der Waals surface area (Å²) in [5.41, 5.74) is -0.172. The lowest BCUT2D eigenvalue weighted by molar-refractivity contribution is 0.147. The van der Waals surface area contributed by atoms with Gasteiger partial charge in [-0.25, -0.2) is 0 Å². The fourth-order valence-electron chi connectivity index (χ4n) is 1.56. The molecule has 1 saturated heterocycles. The highest BCUT2D eigenvalue weighted by atomic mass is 16.5. The summed E-state index contributed by atoms with van der Waals surface area (Å²) in [6.45, 7) is 5.66. The van der Waals surface area contributed by atoms with Crippen LogP contribution in [0.2, 0.25) is 0 Å². The van der Waals surface area contributed by atoms with Crippen molar-refractivity contribution in [2.75, 3.05) is 13.2 Å². The zero-order chi connectivity index (χ0) is 8.32. The quantitative estimate of drug-likeness (QED) is 0.607. The van der Waals surface area contributed by atoms with E-state index in [0.29, 0.717) is 12.5 Å². The summed E-state index contributed by atoms with van der Waals surface area (Å²) in [7, 11) is 0. The van der Waals surface area contributed by atoms with Gasteiger partial charge in [0, 0.05) is 6.61 Å². The fraction of sp³-hybridized carbons (Fsp3) is 0.889. The van der Waals surface area contributed by atoms with Crippen LogP contribution in [-0.2, 0) is 4.74 Å². The lowest BCUT2D eigenvalue weighted by atomic mass is 9.76. The Morgan fingerprint density at radius 2 is 2.45 bits per heavy atom. The summed E-state index contributed by atoms with van der Waals surface area (Å²) in [4.78, 5) is 0. The molecule has 1 aliphatic heterocycles. The normalized spacial score (nSPS) is 33.2. The molecule has 11 heavy (non-hydrogen) atoms. The Kier molecular flexibility index (Phi) is 2.51. The Morgan fingerprint density at radius 3 is 2.82 bits per heavy atom. The summed E-state index contributed by atoms with van der Waals surface area (Å²) < 4.78 is 5.25. The Bertz CT molecular complexity index is 165. The molecule has 1 aliphatic rings. The Labute approximate surface area is 68.2 Å². The van der Waals surface area contributed by atoms with Crippen molar-refractivity contribution >= 4 is 0 Å². The van der Waals surface area contributed by atoms with Gasteiger partial charge in [-0.1, -0.05) is 20.3 Å². The zero-order valence-corrected chi connectivity index (χ0v) is 7.26. The molecule has 0 spiro atoms. The Morgan fingerprint density at radius 1 is 1.73 bits per heavy atom. The van der Waals surface area contributed by atoms with Crippen LogP contribution in [0.1, 0.15) is 26.7 Å². The molecule has 0 radical (unpaired) electrons. The highest BCUT2D eigenvalue weighted by Crippen LogP contribution is 2.37. The third kappa shape index (κ3) is 1.39. The van der Waals surface area contributed by atoms with E-state index in [1.165, 1.54) is 0 Å². The van der Waals surface area contributed by atoms with Crippen LogP contribution in [0, 0.1) is 22.7 Å². The van der Waals surface area contributed by atoms with E-state index in [0.717, 1.165) is 19.4 Å². The van der Waals surface area contributed by atoms with Gasteiger partial charge in [0.05, 0.1) is 18.1 Å². The maximum Gasteiger partial charge on any atom is 0.0853 e. The van der Waals surface area contributed by atoms with Crippen LogP contribution in [0.25, 0.3) is 0 Å². The predicted octanol–water partition coefficient (Wildman–Crippen LogP) is 1.96. The van der Waals surface area contributed by atoms with E-state index in [-0.39, 0.29) is 5.41 Å². The second-order valence-electron chi connectivity index (χ2n) is 3.38. The third-order valence-corrected chi connectivity index (χ3v) is 2.83. The van der Waals surface area contributed by atoms with Gasteiger partial charge in [0.15, 0.2) is 0 Å². The molecule has 1 rings (SSSR count). The number of hydrogen-bond donors (Lipinski definition) is 0. The van der Waals surface area contributed by atoms with Crippen LogP contribution < -0.4 is 0 Å². The minimum atomic E-state index is -0.172. The molecule has 2 atom stereocenters. The lowest BCUT2D eigenvalue weighted by Crippen LogP contribution is -2.26. The molecule has 0 N–H and O–H groups in total. The van der Waals surface area contributed by atoms with Crippen LogP contribution >= 0.6 is 0 Å². The van der Waals surface area contributed by atoms with Gasteiger partial charge in [0.25, 0.3) is 0 Å². The first kappa shape index (κ1) is 8.55. The second-order valence-corrected chi connectivity index (χ2v) is 3.38. The first-order valence-electron chi connectivity index (χ1n) is 4.24. The Hall–Kier alpha value is -0.550. The summed E-state index contributed by atoms with van der Waals surface area (Å²) in [6, 6.07) is 2.40. The van der Waals surface area contributed by atoms with Gasteiger partial charge >= 0.3 is 0 Å². The molecule has 2 nitrogen and oxygen atoms in total. The highest BCUT2D eigenvalue weighted by molar-refractivity contribution is 5.03. The monoisotopic (exact) mass is 153 g/mol. The van der Waals surface area contributed by atoms with Gasteiger partial charge in [-0.15, -0.1) is 0 Å². The molecular weight excluding hydrogens is 138 g/mol. The van der Waals surface area contributed by atoms with E-state index in [9.17, 15) is 0 Å². The van der Waals surface area contributed by atoms with Crippen molar-refractivity contribution in [2.45, 2.75) is 26.7 Å². The molecule has 0 saturated carbocycles. The van der Waals surface area contributed by atoms with E-state index >= 15 is 0 Å². The molecular formula is C9H15NO. The molecule has 0 aromatic carbocycles. The van der Waals surface area contributed by atoms with Crippen LogP contribution in [0.5, 0.6) is 0 Å². The molecule has 0 aromatic rings. The molecule has 0 aliphatic carbocycles. The second kappa shape index (κ2) is 3.23. The number of nitrogens with zero attached hydrogens (tertiary/aromatic N) is 1. The van der Waals surface area contributed by atoms with Gasteiger partial charge in [-0.3, -0.25) is 0 Å². The maximum absolute atomic E-state index is 8.99. The molecule has 0 bridgehead atoms. The first-order valence-corrected chi connectivity index (χ1v) is 4.24. The van der Waals surface area contributed by atoms with Gasteiger partial charge in [-0.2, -0.15) is 5.26 Å². The molecule has 1 heterocycles. The molecule has 62 valence electrons. The minimum absolute atomic E-state index is 0.172. The minimum Gasteiger partial charge on any atom is -0.380 e. The molecule has 1 fully saturated rings. The number of ether oxygens (including phenoxy) is 1. The van der Waals surface area contributed by atoms with Crippen molar-refractivity contribution in [2.24, 2.45) is 11.3 Å². The van der Waals surface area contributed by atoms with Crippen molar-refractivity contribution in [3.63, 3.8) is 0 Å².